The van der Waals surface area contributed by atoms with Gasteiger partial charge in [-0.2, -0.15) is 5.10 Å². The molecule has 2 aliphatic rings. The molecule has 1 atom stereocenters. The van der Waals surface area contributed by atoms with Gasteiger partial charge >= 0.3 is 0 Å². The largest absolute Gasteiger partial charge is 0.347 e. The van der Waals surface area contributed by atoms with E-state index in [9.17, 15) is 9.59 Å². The number of carbonyl (C=O) groups is 2. The molecule has 2 aliphatic carbocycles. The van der Waals surface area contributed by atoms with Crippen LogP contribution in [0.15, 0.2) is 6.20 Å². The number of fused-ring (bicyclic) bond motifs is 1. The van der Waals surface area contributed by atoms with Gasteiger partial charge in [-0.25, -0.2) is 0 Å². The van der Waals surface area contributed by atoms with Crippen molar-refractivity contribution in [3.63, 3.8) is 0 Å². The van der Waals surface area contributed by atoms with E-state index in [1.54, 1.807) is 23.7 Å². The maximum Gasteiger partial charge on any atom is 0.243 e. The van der Waals surface area contributed by atoms with Crippen molar-refractivity contribution in [2.24, 2.45) is 5.92 Å². The van der Waals surface area contributed by atoms with Crippen molar-refractivity contribution >= 4 is 11.8 Å². The summed E-state index contributed by atoms with van der Waals surface area (Å²) in [5, 5.41) is 7.83. The minimum atomic E-state index is -0.00103. The molecule has 0 unspecified atom stereocenters. The van der Waals surface area contributed by atoms with Crippen LogP contribution in [0, 0.1) is 5.92 Å². The van der Waals surface area contributed by atoms with E-state index >= 15 is 0 Å². The Balaban J connectivity index is 1.68. The molecule has 6 nitrogen and oxygen atoms in total. The highest BCUT2D eigenvalue weighted by atomic mass is 16.2. The van der Waals surface area contributed by atoms with Crippen molar-refractivity contribution in [3.8, 4) is 0 Å². The van der Waals surface area contributed by atoms with Crippen LogP contribution in [-0.2, 0) is 22.6 Å². The first-order chi connectivity index (χ1) is 11.5. The van der Waals surface area contributed by atoms with Gasteiger partial charge in [0.15, 0.2) is 0 Å². The Labute approximate surface area is 143 Å². The second kappa shape index (κ2) is 7.36. The summed E-state index contributed by atoms with van der Waals surface area (Å²) < 4.78 is 1.72. The molecule has 6 heteroatoms. The van der Waals surface area contributed by atoms with Crippen LogP contribution in [-0.4, -0.2) is 40.6 Å². The fraction of sp³-hybridized carbons (Fsp3) is 0.722. The lowest BCUT2D eigenvalue weighted by atomic mass is 9.87. The smallest absolute Gasteiger partial charge is 0.243 e. The van der Waals surface area contributed by atoms with Crippen LogP contribution < -0.4 is 5.32 Å². The SMILES string of the molecule is CN(C)C(=O)Cn1cc2c(n1)[C@@H](NC(=O)C1CCCCC1)CCC2. The van der Waals surface area contributed by atoms with Gasteiger partial charge in [0.25, 0.3) is 0 Å². The monoisotopic (exact) mass is 332 g/mol. The molecule has 0 spiro atoms. The summed E-state index contributed by atoms with van der Waals surface area (Å²) in [5.41, 5.74) is 2.12. The topological polar surface area (TPSA) is 67.2 Å². The highest BCUT2D eigenvalue weighted by Crippen LogP contribution is 2.30. The molecular formula is C18H28N4O2. The van der Waals surface area contributed by atoms with Gasteiger partial charge in [0.1, 0.15) is 6.54 Å². The molecule has 1 saturated carbocycles. The standard InChI is InChI=1S/C18H28N4O2/c1-21(2)16(23)12-22-11-14-9-6-10-15(17(14)20-22)19-18(24)13-7-4-3-5-8-13/h11,13,15H,3-10,12H2,1-2H3,(H,19,24)/t15-/m0/s1. The summed E-state index contributed by atoms with van der Waals surface area (Å²) in [7, 11) is 3.50. The van der Waals surface area contributed by atoms with Crippen LogP contribution in [0.3, 0.4) is 0 Å². The highest BCUT2D eigenvalue weighted by molar-refractivity contribution is 5.79. The molecule has 2 amide bonds. The molecule has 1 aromatic heterocycles. The molecule has 0 bridgehead atoms. The summed E-state index contributed by atoms with van der Waals surface area (Å²) in [6.45, 7) is 0.253. The lowest BCUT2D eigenvalue weighted by Gasteiger charge is -2.26. The Morgan fingerprint density at radius 1 is 1.21 bits per heavy atom. The van der Waals surface area contributed by atoms with E-state index in [2.05, 4.69) is 10.4 Å². The third kappa shape index (κ3) is 3.79. The summed E-state index contributed by atoms with van der Waals surface area (Å²) in [4.78, 5) is 26.0. The summed E-state index contributed by atoms with van der Waals surface area (Å²) in [5.74, 6) is 0.380. The fourth-order valence-corrected chi connectivity index (χ4v) is 3.75. The number of likely N-dealkylation sites (N-methyl/N-ethyl adjacent to an activating group) is 1. The lowest BCUT2D eigenvalue weighted by Crippen LogP contribution is -2.36. The number of nitrogens with zero attached hydrogens (tertiary/aromatic N) is 3. The molecular weight excluding hydrogens is 304 g/mol. The minimum Gasteiger partial charge on any atom is -0.347 e. The number of aryl methyl sites for hydroxylation is 1. The van der Waals surface area contributed by atoms with Crippen LogP contribution in [0.1, 0.15) is 62.2 Å². The Hall–Kier alpha value is -1.85. The minimum absolute atomic E-state index is 0.00103. The van der Waals surface area contributed by atoms with Gasteiger partial charge in [-0.15, -0.1) is 0 Å². The van der Waals surface area contributed by atoms with Crippen LogP contribution >= 0.6 is 0 Å². The molecule has 1 N–H and O–H groups in total. The third-order valence-electron chi connectivity index (χ3n) is 5.23. The van der Waals surface area contributed by atoms with E-state index in [0.29, 0.717) is 0 Å². The fourth-order valence-electron chi connectivity index (χ4n) is 3.75. The zero-order chi connectivity index (χ0) is 17.1. The molecule has 0 aromatic carbocycles. The van der Waals surface area contributed by atoms with E-state index in [1.807, 2.05) is 6.20 Å². The predicted molar refractivity (Wildman–Crippen MR) is 91.3 cm³/mol. The Bertz CT molecular complexity index is 602. The van der Waals surface area contributed by atoms with E-state index in [-0.39, 0.29) is 30.3 Å². The average Bonchev–Trinajstić information content (AvgIpc) is 2.99. The molecule has 1 aromatic rings. The summed E-state index contributed by atoms with van der Waals surface area (Å²) in [6, 6.07) is -0.00103. The number of aromatic nitrogens is 2. The number of amides is 2. The van der Waals surface area contributed by atoms with Crippen LogP contribution in [0.5, 0.6) is 0 Å². The van der Waals surface area contributed by atoms with Gasteiger partial charge in [0, 0.05) is 26.2 Å². The number of carbonyl (C=O) groups excluding carboxylic acids is 2. The molecule has 24 heavy (non-hydrogen) atoms. The van der Waals surface area contributed by atoms with E-state index in [0.717, 1.165) is 50.6 Å². The Morgan fingerprint density at radius 3 is 2.67 bits per heavy atom. The van der Waals surface area contributed by atoms with Gasteiger partial charge in [0.2, 0.25) is 11.8 Å². The zero-order valence-electron chi connectivity index (χ0n) is 14.8. The molecule has 3 rings (SSSR count). The quantitative estimate of drug-likeness (QED) is 0.917. The van der Waals surface area contributed by atoms with Crippen molar-refractivity contribution in [1.82, 2.24) is 20.0 Å². The number of rotatable bonds is 4. The van der Waals surface area contributed by atoms with Crippen molar-refractivity contribution < 1.29 is 9.59 Å². The molecule has 0 saturated heterocycles. The maximum atomic E-state index is 12.5. The molecule has 0 radical (unpaired) electrons. The lowest BCUT2D eigenvalue weighted by molar-refractivity contribution is -0.129. The van der Waals surface area contributed by atoms with Crippen LogP contribution in [0.4, 0.5) is 0 Å². The van der Waals surface area contributed by atoms with E-state index < -0.39 is 0 Å². The molecule has 132 valence electrons. The number of hydrogen-bond acceptors (Lipinski definition) is 3. The van der Waals surface area contributed by atoms with Crippen LogP contribution in [0.2, 0.25) is 0 Å². The number of hydrogen-bond donors (Lipinski definition) is 1. The van der Waals surface area contributed by atoms with E-state index in [1.165, 1.54) is 12.0 Å². The number of nitrogens with one attached hydrogen (secondary N) is 1. The predicted octanol–water partition coefficient (Wildman–Crippen LogP) is 2.05. The highest BCUT2D eigenvalue weighted by Gasteiger charge is 2.29. The van der Waals surface area contributed by atoms with Crippen molar-refractivity contribution in [3.05, 3.63) is 17.5 Å². The second-order valence-electron chi connectivity index (χ2n) is 7.31. The zero-order valence-corrected chi connectivity index (χ0v) is 14.8. The summed E-state index contributed by atoms with van der Waals surface area (Å²) in [6.07, 6.45) is 10.5. The van der Waals surface area contributed by atoms with Crippen molar-refractivity contribution in [2.45, 2.75) is 64.0 Å². The first kappa shape index (κ1) is 17.0. The van der Waals surface area contributed by atoms with E-state index in [4.69, 9.17) is 0 Å². The maximum absolute atomic E-state index is 12.5. The average molecular weight is 332 g/mol. The summed E-state index contributed by atoms with van der Waals surface area (Å²) >= 11 is 0. The van der Waals surface area contributed by atoms with Gasteiger partial charge in [-0.3, -0.25) is 14.3 Å². The van der Waals surface area contributed by atoms with Crippen molar-refractivity contribution in [1.29, 1.82) is 0 Å². The van der Waals surface area contributed by atoms with Gasteiger partial charge in [-0.1, -0.05) is 19.3 Å². The first-order valence-electron chi connectivity index (χ1n) is 9.11. The first-order valence-corrected chi connectivity index (χ1v) is 9.11. The Kier molecular flexibility index (Phi) is 5.21. The molecule has 0 aliphatic heterocycles. The third-order valence-corrected chi connectivity index (χ3v) is 5.23. The van der Waals surface area contributed by atoms with Crippen LogP contribution in [0.25, 0.3) is 0 Å². The normalized spacial score (nSPS) is 21.2. The van der Waals surface area contributed by atoms with Crippen molar-refractivity contribution in [2.75, 3.05) is 14.1 Å². The molecule has 1 heterocycles. The van der Waals surface area contributed by atoms with Gasteiger partial charge in [0.05, 0.1) is 11.7 Å². The Morgan fingerprint density at radius 2 is 1.96 bits per heavy atom. The second-order valence-corrected chi connectivity index (χ2v) is 7.31. The van der Waals surface area contributed by atoms with Gasteiger partial charge in [-0.05, 0) is 37.7 Å². The molecule has 1 fully saturated rings. The van der Waals surface area contributed by atoms with Gasteiger partial charge < -0.3 is 10.2 Å².